The van der Waals surface area contributed by atoms with Gasteiger partial charge in [-0.15, -0.1) is 0 Å². The third-order valence-electron chi connectivity index (χ3n) is 0.903. The summed E-state index contributed by atoms with van der Waals surface area (Å²) < 4.78 is -11.3. The predicted molar refractivity (Wildman–Crippen MR) is 28.8 cm³/mol. The Morgan fingerprint density at radius 1 is 0.615 bits per heavy atom. The molecule has 0 spiro atoms. The number of quaternary nitrogens is 3. The first-order valence-corrected chi connectivity index (χ1v) is 4.07. The van der Waals surface area contributed by atoms with Crippen LogP contribution in [-0.4, -0.2) is 54.4 Å². The van der Waals surface area contributed by atoms with Crippen molar-refractivity contribution in [2.75, 3.05) is 0 Å². The Balaban J connectivity index is 5.02. The summed E-state index contributed by atoms with van der Waals surface area (Å²) in [6, 6.07) is 0. The monoisotopic (exact) mass is 221 g/mol. The van der Waals surface area contributed by atoms with Gasteiger partial charge < -0.3 is 15.6 Å². The largest absolute Gasteiger partial charge is 0.948 e. The fourth-order valence-corrected chi connectivity index (χ4v) is 1.76. The molecule has 0 saturated heterocycles. The van der Waals surface area contributed by atoms with Crippen LogP contribution in [0.4, 0.5) is 0 Å². The van der Waals surface area contributed by atoms with E-state index in [9.17, 15) is 15.6 Å². The molecule has 0 fully saturated rings. The van der Waals surface area contributed by atoms with Crippen LogP contribution in [0.15, 0.2) is 0 Å². The summed E-state index contributed by atoms with van der Waals surface area (Å²) in [4.78, 5) is 0. The van der Waals surface area contributed by atoms with E-state index in [1.807, 2.05) is 0 Å². The van der Waals surface area contributed by atoms with Crippen LogP contribution in [-0.2, 0) is 0 Å². The van der Waals surface area contributed by atoms with Crippen LogP contribution < -0.4 is 0 Å². The van der Waals surface area contributed by atoms with Gasteiger partial charge in [-0.2, -0.15) is 31.2 Å². The van der Waals surface area contributed by atoms with E-state index in [1.54, 1.807) is 0 Å². The second-order valence-electron chi connectivity index (χ2n) is 2.11. The average molecular weight is 221 g/mol. The molecule has 0 unspecified atom stereocenters. The molecule has 80 valence electrons. The van der Waals surface area contributed by atoms with Gasteiger partial charge in [0.25, 0.3) is 0 Å². The summed E-state index contributed by atoms with van der Waals surface area (Å²) >= 11 is 0. The van der Waals surface area contributed by atoms with E-state index < -0.39 is 23.2 Å². The van der Waals surface area contributed by atoms with E-state index in [1.165, 1.54) is 0 Å². The van der Waals surface area contributed by atoms with E-state index in [0.717, 1.165) is 0 Å². The van der Waals surface area contributed by atoms with Crippen molar-refractivity contribution in [2.45, 2.75) is 0 Å². The maximum atomic E-state index is 10.1. The van der Waals surface area contributed by atoms with Crippen LogP contribution in [0.1, 0.15) is 0 Å². The van der Waals surface area contributed by atoms with E-state index in [2.05, 4.69) is 0 Å². The van der Waals surface area contributed by atoms with Crippen molar-refractivity contribution >= 4 is 9.28 Å². The molecular formula is H7N3O9Si. The topological polar surface area (TPSA) is 191 Å². The van der Waals surface area contributed by atoms with Crippen molar-refractivity contribution in [1.82, 2.24) is 0 Å². The third-order valence-corrected chi connectivity index (χ3v) is 2.71. The number of hydrogen-bond acceptors (Lipinski definition) is 9. The highest BCUT2D eigenvalue weighted by atomic mass is 28.3. The van der Waals surface area contributed by atoms with Crippen molar-refractivity contribution in [2.24, 2.45) is 0 Å². The van der Waals surface area contributed by atoms with E-state index in [0.29, 0.717) is 0 Å². The minimum atomic E-state index is -5.32. The van der Waals surface area contributed by atoms with Gasteiger partial charge in [-0.1, -0.05) is 0 Å². The Morgan fingerprint density at radius 3 is 0.769 bits per heavy atom. The van der Waals surface area contributed by atoms with E-state index in [-0.39, 0.29) is 0 Å². The second kappa shape index (κ2) is 3.15. The first-order chi connectivity index (χ1) is 5.37. The van der Waals surface area contributed by atoms with Crippen molar-refractivity contribution in [3.63, 3.8) is 0 Å². The summed E-state index contributed by atoms with van der Waals surface area (Å²) in [6.07, 6.45) is 0. The van der Waals surface area contributed by atoms with Crippen LogP contribution in [0, 0.1) is 15.6 Å². The molecule has 0 aromatic carbocycles. The van der Waals surface area contributed by atoms with Gasteiger partial charge >= 0.3 is 9.28 Å². The summed E-state index contributed by atoms with van der Waals surface area (Å²) in [7, 11) is -5.32. The lowest BCUT2D eigenvalue weighted by atomic mass is 12.9. The van der Waals surface area contributed by atoms with Gasteiger partial charge in [-0.05, 0) is 13.9 Å². The molecule has 0 saturated carbocycles. The summed E-state index contributed by atoms with van der Waals surface area (Å²) in [5, 5.41) is 78.9. The van der Waals surface area contributed by atoms with E-state index >= 15 is 0 Å². The fraction of sp³-hybridized carbons (Fsp3) is 0. The fourth-order valence-electron chi connectivity index (χ4n) is 0.588. The molecule has 0 bridgehead atoms. The van der Waals surface area contributed by atoms with Crippen LogP contribution in [0.2, 0.25) is 0 Å². The third kappa shape index (κ3) is 3.54. The highest BCUT2D eigenvalue weighted by molar-refractivity contribution is 6.32. The minimum Gasteiger partial charge on any atom is -0.575 e. The van der Waals surface area contributed by atoms with Crippen molar-refractivity contribution in [3.05, 3.63) is 15.6 Å². The smallest absolute Gasteiger partial charge is 0.575 e. The molecule has 0 aromatic rings. The Hall–Kier alpha value is -0.263. The molecule has 12 nitrogen and oxygen atoms in total. The molecule has 0 rings (SSSR count). The Kier molecular flexibility index (Phi) is 3.08. The van der Waals surface area contributed by atoms with Gasteiger partial charge in [0, 0.05) is 0 Å². The molecule has 0 heterocycles. The average Bonchev–Trinajstić information content (AvgIpc) is 1.44. The Morgan fingerprint density at radius 2 is 0.769 bits per heavy atom. The quantitative estimate of drug-likeness (QED) is 0.230. The molecule has 13 heteroatoms. The molecule has 0 amide bonds. The van der Waals surface area contributed by atoms with Gasteiger partial charge in [-0.25, -0.2) is 0 Å². The standard InChI is InChI=1S/H7N3O9Si/c4-1(5,6)13(2(7,8)9)3(10,11)12/h4-5,7-8,10-11,13H. The maximum Gasteiger partial charge on any atom is 0.948 e. The molecule has 0 radical (unpaired) electrons. The molecule has 0 aromatic heterocycles. The number of hydrogen-bond donors (Lipinski definition) is 6. The molecular weight excluding hydrogens is 214 g/mol. The first kappa shape index (κ1) is 12.7. The van der Waals surface area contributed by atoms with Gasteiger partial charge in [0.2, 0.25) is 0 Å². The summed E-state index contributed by atoms with van der Waals surface area (Å²) in [5.74, 6) is 0. The van der Waals surface area contributed by atoms with Gasteiger partial charge in [0.1, 0.15) is 0 Å². The van der Waals surface area contributed by atoms with Gasteiger partial charge in [-0.3, -0.25) is 0 Å². The predicted octanol–water partition coefficient (Wildman–Crippen LogP) is -2.02. The van der Waals surface area contributed by atoms with Crippen molar-refractivity contribution in [3.8, 4) is 0 Å². The maximum absolute atomic E-state index is 10.1. The van der Waals surface area contributed by atoms with Gasteiger partial charge in [0.15, 0.2) is 0 Å². The Labute approximate surface area is 71.2 Å². The second-order valence-corrected chi connectivity index (χ2v) is 4.82. The molecule has 0 aliphatic carbocycles. The number of rotatable bonds is 3. The van der Waals surface area contributed by atoms with Crippen LogP contribution in [0.5, 0.6) is 0 Å². The van der Waals surface area contributed by atoms with Crippen LogP contribution in [0.25, 0.3) is 0 Å². The SMILES string of the molecule is [O-][N+](O)(O)[SiH]([N+]([O-])(O)O)[N+]([O-])(O)O. The molecule has 0 aliphatic heterocycles. The van der Waals surface area contributed by atoms with Crippen LogP contribution >= 0.6 is 0 Å². The lowest BCUT2D eigenvalue weighted by molar-refractivity contribution is -1.31. The normalized spacial score (nSPS) is 15.2. The first-order valence-electron chi connectivity index (χ1n) is 2.52. The molecule has 0 atom stereocenters. The zero-order valence-corrected chi connectivity index (χ0v) is 6.98. The number of nitrogens with zero attached hydrogens (tertiary/aromatic N) is 3. The summed E-state index contributed by atoms with van der Waals surface area (Å²) in [5.41, 5.74) is 0. The van der Waals surface area contributed by atoms with Crippen molar-refractivity contribution < 1.29 is 45.2 Å². The highest BCUT2D eigenvalue weighted by Gasteiger charge is 2.70. The zero-order valence-electron chi connectivity index (χ0n) is 5.83. The van der Waals surface area contributed by atoms with Gasteiger partial charge in [0.05, 0.1) is 0 Å². The molecule has 0 aliphatic rings. The summed E-state index contributed by atoms with van der Waals surface area (Å²) in [6.45, 7) is 0. The Bertz CT molecular complexity index is 137. The zero-order chi connectivity index (χ0) is 11.1. The van der Waals surface area contributed by atoms with E-state index in [4.69, 9.17) is 31.2 Å². The van der Waals surface area contributed by atoms with Crippen LogP contribution in [0.3, 0.4) is 0 Å². The molecule has 13 heavy (non-hydrogen) atoms. The highest BCUT2D eigenvalue weighted by Crippen LogP contribution is 2.15. The lowest BCUT2D eigenvalue weighted by Gasteiger charge is -2.38. The molecule has 6 N–H and O–H groups in total. The van der Waals surface area contributed by atoms with Crippen molar-refractivity contribution in [1.29, 1.82) is 0 Å². The lowest BCUT2D eigenvalue weighted by Crippen LogP contribution is -2.76. The minimum absolute atomic E-state index is 3.76.